The number of aliphatic carboxylic acids is 1. The van der Waals surface area contributed by atoms with Gasteiger partial charge in [-0.05, 0) is 6.07 Å². The van der Waals surface area contributed by atoms with Crippen molar-refractivity contribution in [3.63, 3.8) is 0 Å². The van der Waals surface area contributed by atoms with E-state index in [4.69, 9.17) is 15.1 Å². The summed E-state index contributed by atoms with van der Waals surface area (Å²) >= 11 is 0. The van der Waals surface area contributed by atoms with Crippen LogP contribution in [-0.2, 0) is 9.53 Å². The topological polar surface area (TPSA) is 86.5 Å². The average Bonchev–Trinajstić information content (AvgIpc) is 2.39. The van der Waals surface area contributed by atoms with Gasteiger partial charge in [0, 0.05) is 12.7 Å². The molecule has 1 saturated heterocycles. The molecule has 0 aliphatic carbocycles. The molecule has 6 heteroatoms. The predicted octanol–water partition coefficient (Wildman–Crippen LogP) is 0.243. The van der Waals surface area contributed by atoms with Gasteiger partial charge in [0.15, 0.2) is 6.10 Å². The third-order valence-corrected chi connectivity index (χ3v) is 2.60. The highest BCUT2D eigenvalue weighted by Gasteiger charge is 2.27. The van der Waals surface area contributed by atoms with Gasteiger partial charge in [0.25, 0.3) is 0 Å². The molecule has 0 saturated carbocycles. The first-order valence-corrected chi connectivity index (χ1v) is 5.16. The fourth-order valence-electron chi connectivity index (χ4n) is 1.75. The van der Waals surface area contributed by atoms with Crippen molar-refractivity contribution in [3.8, 4) is 6.07 Å². The van der Waals surface area contributed by atoms with Gasteiger partial charge in [-0.2, -0.15) is 5.26 Å². The van der Waals surface area contributed by atoms with Crippen molar-refractivity contribution in [2.75, 3.05) is 24.6 Å². The molecule has 0 aromatic carbocycles. The van der Waals surface area contributed by atoms with Gasteiger partial charge in [0.2, 0.25) is 0 Å². The van der Waals surface area contributed by atoms with E-state index in [9.17, 15) is 4.79 Å². The molecule has 17 heavy (non-hydrogen) atoms. The molecule has 1 aliphatic rings. The summed E-state index contributed by atoms with van der Waals surface area (Å²) in [5, 5.41) is 17.9. The van der Waals surface area contributed by atoms with Gasteiger partial charge in [0.05, 0.1) is 30.6 Å². The minimum atomic E-state index is -0.989. The number of morpholine rings is 1. The summed E-state index contributed by atoms with van der Waals surface area (Å²) in [6, 6.07) is 3.68. The molecule has 88 valence electrons. The Kier molecular flexibility index (Phi) is 3.21. The maximum Gasteiger partial charge on any atom is 0.334 e. The maximum absolute atomic E-state index is 10.9. The zero-order valence-electron chi connectivity index (χ0n) is 9.04. The van der Waals surface area contributed by atoms with Crippen LogP contribution in [0.4, 0.5) is 5.69 Å². The van der Waals surface area contributed by atoms with Crippen molar-refractivity contribution >= 4 is 11.7 Å². The number of pyridine rings is 1. The second-order valence-electron chi connectivity index (χ2n) is 3.65. The van der Waals surface area contributed by atoms with E-state index in [0.29, 0.717) is 24.4 Å². The van der Waals surface area contributed by atoms with E-state index < -0.39 is 12.1 Å². The van der Waals surface area contributed by atoms with Crippen molar-refractivity contribution in [3.05, 3.63) is 24.0 Å². The highest BCUT2D eigenvalue weighted by atomic mass is 16.5. The molecule has 1 N–H and O–H groups in total. The quantitative estimate of drug-likeness (QED) is 0.787. The number of carboxylic acids is 1. The second-order valence-corrected chi connectivity index (χ2v) is 3.65. The molecule has 0 bridgehead atoms. The molecule has 2 heterocycles. The van der Waals surface area contributed by atoms with E-state index in [1.54, 1.807) is 12.3 Å². The summed E-state index contributed by atoms with van der Waals surface area (Å²) in [4.78, 5) is 16.6. The van der Waals surface area contributed by atoms with Crippen molar-refractivity contribution in [2.45, 2.75) is 6.10 Å². The molecule has 0 radical (unpaired) electrons. The van der Waals surface area contributed by atoms with Crippen LogP contribution in [-0.4, -0.2) is 41.9 Å². The normalized spacial score (nSPS) is 19.7. The number of nitriles is 1. The van der Waals surface area contributed by atoms with Crippen molar-refractivity contribution in [1.82, 2.24) is 4.98 Å². The smallest absolute Gasteiger partial charge is 0.334 e. The lowest BCUT2D eigenvalue weighted by molar-refractivity contribution is -0.150. The molecule has 1 unspecified atom stereocenters. The van der Waals surface area contributed by atoms with Crippen LogP contribution >= 0.6 is 0 Å². The van der Waals surface area contributed by atoms with E-state index in [1.807, 2.05) is 4.90 Å². The highest BCUT2D eigenvalue weighted by molar-refractivity contribution is 5.74. The molecule has 1 aromatic heterocycles. The second kappa shape index (κ2) is 4.80. The van der Waals surface area contributed by atoms with E-state index >= 15 is 0 Å². The number of carbonyl (C=O) groups is 1. The third-order valence-electron chi connectivity index (χ3n) is 2.60. The van der Waals surface area contributed by atoms with Crippen LogP contribution in [0.2, 0.25) is 0 Å². The molecule has 1 aliphatic heterocycles. The Hall–Kier alpha value is -2.13. The summed E-state index contributed by atoms with van der Waals surface area (Å²) < 4.78 is 5.12. The van der Waals surface area contributed by atoms with Gasteiger partial charge >= 0.3 is 5.97 Å². The van der Waals surface area contributed by atoms with Crippen LogP contribution in [0.15, 0.2) is 18.5 Å². The SMILES string of the molecule is N#Cc1ccncc1N1CCOC(C(=O)O)C1. The number of rotatable bonds is 2. The van der Waals surface area contributed by atoms with Gasteiger partial charge in [-0.15, -0.1) is 0 Å². The Balaban J connectivity index is 2.22. The Morgan fingerprint density at radius 2 is 2.53 bits per heavy atom. The summed E-state index contributed by atoms with van der Waals surface area (Å²) in [6.45, 7) is 1.12. The van der Waals surface area contributed by atoms with Crippen LogP contribution in [0.5, 0.6) is 0 Å². The Morgan fingerprint density at radius 1 is 1.71 bits per heavy atom. The van der Waals surface area contributed by atoms with E-state index in [-0.39, 0.29) is 6.54 Å². The van der Waals surface area contributed by atoms with Gasteiger partial charge in [-0.25, -0.2) is 4.79 Å². The fraction of sp³-hybridized carbons (Fsp3) is 0.364. The maximum atomic E-state index is 10.9. The predicted molar refractivity (Wildman–Crippen MR) is 58.5 cm³/mol. The van der Waals surface area contributed by atoms with Gasteiger partial charge < -0.3 is 14.7 Å². The van der Waals surface area contributed by atoms with Crippen molar-refractivity contribution in [2.24, 2.45) is 0 Å². The molecule has 6 nitrogen and oxygen atoms in total. The molecule has 1 aromatic rings. The van der Waals surface area contributed by atoms with Crippen LogP contribution < -0.4 is 4.90 Å². The minimum Gasteiger partial charge on any atom is -0.479 e. The number of anilines is 1. The third kappa shape index (κ3) is 2.34. The summed E-state index contributed by atoms with van der Waals surface area (Å²) in [6.07, 6.45) is 2.26. The Morgan fingerprint density at radius 3 is 3.24 bits per heavy atom. The zero-order valence-corrected chi connectivity index (χ0v) is 9.04. The number of carboxylic acid groups (broad SMARTS) is 1. The van der Waals surface area contributed by atoms with Gasteiger partial charge in [0.1, 0.15) is 6.07 Å². The summed E-state index contributed by atoms with van der Waals surface area (Å²) in [5.74, 6) is -0.989. The lowest BCUT2D eigenvalue weighted by Gasteiger charge is -2.32. The average molecular weight is 233 g/mol. The van der Waals surface area contributed by atoms with Gasteiger partial charge in [-0.3, -0.25) is 4.98 Å². The largest absolute Gasteiger partial charge is 0.479 e. The van der Waals surface area contributed by atoms with E-state index in [2.05, 4.69) is 11.1 Å². The molecular weight excluding hydrogens is 222 g/mol. The Labute approximate surface area is 98.1 Å². The van der Waals surface area contributed by atoms with Crippen molar-refractivity contribution in [1.29, 1.82) is 5.26 Å². The number of aromatic nitrogens is 1. The van der Waals surface area contributed by atoms with Gasteiger partial charge in [-0.1, -0.05) is 0 Å². The molecule has 0 spiro atoms. The summed E-state index contributed by atoms with van der Waals surface area (Å²) in [7, 11) is 0. The van der Waals surface area contributed by atoms with Crippen LogP contribution in [0.25, 0.3) is 0 Å². The number of ether oxygens (including phenoxy) is 1. The first-order chi connectivity index (χ1) is 8.22. The highest BCUT2D eigenvalue weighted by Crippen LogP contribution is 2.20. The van der Waals surface area contributed by atoms with E-state index in [0.717, 1.165) is 0 Å². The zero-order chi connectivity index (χ0) is 12.3. The molecule has 1 fully saturated rings. The van der Waals surface area contributed by atoms with Crippen LogP contribution in [0.1, 0.15) is 5.56 Å². The standard InChI is InChI=1S/C11H11N3O3/c12-5-8-1-2-13-6-9(8)14-3-4-17-10(7-14)11(15)16/h1-2,6,10H,3-4,7H2,(H,15,16). The van der Waals surface area contributed by atoms with E-state index in [1.165, 1.54) is 6.20 Å². The Bertz CT molecular complexity index is 469. The minimum absolute atomic E-state index is 0.232. The lowest BCUT2D eigenvalue weighted by atomic mass is 10.2. The number of nitrogens with zero attached hydrogens (tertiary/aromatic N) is 3. The lowest BCUT2D eigenvalue weighted by Crippen LogP contribution is -2.46. The van der Waals surface area contributed by atoms with Crippen LogP contribution in [0.3, 0.4) is 0 Å². The summed E-state index contributed by atoms with van der Waals surface area (Å²) in [5.41, 5.74) is 1.15. The molecule has 1 atom stereocenters. The monoisotopic (exact) mass is 233 g/mol. The number of hydrogen-bond donors (Lipinski definition) is 1. The molecule has 2 rings (SSSR count). The van der Waals surface area contributed by atoms with Crippen molar-refractivity contribution < 1.29 is 14.6 Å². The molecule has 0 amide bonds. The molecular formula is C11H11N3O3. The fourth-order valence-corrected chi connectivity index (χ4v) is 1.75. The first kappa shape index (κ1) is 11.4. The number of hydrogen-bond acceptors (Lipinski definition) is 5. The first-order valence-electron chi connectivity index (χ1n) is 5.16. The van der Waals surface area contributed by atoms with Crippen LogP contribution in [0, 0.1) is 11.3 Å².